The highest BCUT2D eigenvalue weighted by atomic mass is 35.5. The summed E-state index contributed by atoms with van der Waals surface area (Å²) in [6, 6.07) is 3.89. The summed E-state index contributed by atoms with van der Waals surface area (Å²) in [5.74, 6) is -0.360. The Labute approximate surface area is 134 Å². The van der Waals surface area contributed by atoms with Crippen LogP contribution in [-0.4, -0.2) is 23.9 Å². The molecule has 1 fully saturated rings. The van der Waals surface area contributed by atoms with Gasteiger partial charge in [0.15, 0.2) is 0 Å². The van der Waals surface area contributed by atoms with E-state index < -0.39 is 12.1 Å². The average molecular weight is 329 g/mol. The van der Waals surface area contributed by atoms with Crippen LogP contribution in [0, 0.1) is 5.92 Å². The lowest BCUT2D eigenvalue weighted by molar-refractivity contribution is -0.134. The second-order valence-electron chi connectivity index (χ2n) is 5.43. The molecule has 1 saturated heterocycles. The number of carbonyl (C=O) groups excluding carboxylic acids is 2. The van der Waals surface area contributed by atoms with E-state index in [4.69, 9.17) is 23.2 Å². The third kappa shape index (κ3) is 2.87. The third-order valence-corrected chi connectivity index (χ3v) is 4.26. The monoisotopic (exact) mass is 328 g/mol. The lowest BCUT2D eigenvalue weighted by Crippen LogP contribution is -2.65. The molecule has 1 aromatic rings. The number of hydrogen-bond donors (Lipinski definition) is 1. The summed E-state index contributed by atoms with van der Waals surface area (Å²) in [4.78, 5) is 26.5. The van der Waals surface area contributed by atoms with Crippen LogP contribution in [0.1, 0.15) is 27.2 Å². The standard InChI is InChI=1S/C15H18Cl2N2O2/c1-4-11-14(20)18-12(8(2)3)15(21)19(11)13-9(16)6-5-7-10(13)17/h5-8,11-12H,4H2,1-3H3,(H,18,20). The Morgan fingerprint density at radius 2 is 1.81 bits per heavy atom. The molecule has 0 aromatic heterocycles. The predicted octanol–water partition coefficient (Wildman–Crippen LogP) is 3.26. The minimum Gasteiger partial charge on any atom is -0.342 e. The van der Waals surface area contributed by atoms with Gasteiger partial charge in [0.25, 0.3) is 5.91 Å². The Morgan fingerprint density at radius 1 is 1.24 bits per heavy atom. The lowest BCUT2D eigenvalue weighted by atomic mass is 9.96. The van der Waals surface area contributed by atoms with E-state index in [0.717, 1.165) is 0 Å². The van der Waals surface area contributed by atoms with Crippen molar-refractivity contribution >= 4 is 40.7 Å². The first-order valence-electron chi connectivity index (χ1n) is 6.96. The Balaban J connectivity index is 2.55. The van der Waals surface area contributed by atoms with E-state index in [1.165, 1.54) is 4.90 Å². The van der Waals surface area contributed by atoms with E-state index in [2.05, 4.69) is 5.32 Å². The van der Waals surface area contributed by atoms with Gasteiger partial charge in [0.2, 0.25) is 5.91 Å². The van der Waals surface area contributed by atoms with Gasteiger partial charge >= 0.3 is 0 Å². The molecule has 2 amide bonds. The van der Waals surface area contributed by atoms with E-state index >= 15 is 0 Å². The predicted molar refractivity (Wildman–Crippen MR) is 84.8 cm³/mol. The van der Waals surface area contributed by atoms with Crippen molar-refractivity contribution in [2.24, 2.45) is 5.92 Å². The van der Waals surface area contributed by atoms with Gasteiger partial charge in [-0.2, -0.15) is 0 Å². The zero-order valence-electron chi connectivity index (χ0n) is 12.2. The smallest absolute Gasteiger partial charge is 0.250 e. The molecular formula is C15H18Cl2N2O2. The molecule has 1 aliphatic rings. The fourth-order valence-electron chi connectivity index (χ4n) is 2.54. The van der Waals surface area contributed by atoms with E-state index in [0.29, 0.717) is 22.2 Å². The van der Waals surface area contributed by atoms with Crippen LogP contribution in [0.3, 0.4) is 0 Å². The first-order chi connectivity index (χ1) is 9.88. The Morgan fingerprint density at radius 3 is 2.29 bits per heavy atom. The number of anilines is 1. The Bertz CT molecular complexity index is 555. The molecule has 0 saturated carbocycles. The highest BCUT2D eigenvalue weighted by Gasteiger charge is 2.42. The third-order valence-electron chi connectivity index (χ3n) is 3.65. The van der Waals surface area contributed by atoms with Gasteiger partial charge < -0.3 is 5.32 Å². The number of benzene rings is 1. The Hall–Kier alpha value is -1.26. The van der Waals surface area contributed by atoms with Gasteiger partial charge in [-0.15, -0.1) is 0 Å². The van der Waals surface area contributed by atoms with Crippen molar-refractivity contribution in [3.8, 4) is 0 Å². The SMILES string of the molecule is CCC1C(=O)NC(C(C)C)C(=O)N1c1c(Cl)cccc1Cl. The number of amides is 2. The van der Waals surface area contributed by atoms with Crippen molar-refractivity contribution in [3.63, 3.8) is 0 Å². The number of halogens is 2. The molecular weight excluding hydrogens is 311 g/mol. The molecule has 1 N–H and O–H groups in total. The van der Waals surface area contributed by atoms with Gasteiger partial charge in [0.1, 0.15) is 12.1 Å². The lowest BCUT2D eigenvalue weighted by Gasteiger charge is -2.40. The minimum absolute atomic E-state index is 0.0111. The van der Waals surface area contributed by atoms with Crippen LogP contribution in [0.2, 0.25) is 10.0 Å². The number of nitrogens with one attached hydrogen (secondary N) is 1. The zero-order chi connectivity index (χ0) is 15.7. The number of hydrogen-bond acceptors (Lipinski definition) is 2. The van der Waals surface area contributed by atoms with Crippen molar-refractivity contribution in [1.82, 2.24) is 5.32 Å². The van der Waals surface area contributed by atoms with Crippen molar-refractivity contribution < 1.29 is 9.59 Å². The summed E-state index contributed by atoms with van der Waals surface area (Å²) in [5, 5.41) is 3.52. The summed E-state index contributed by atoms with van der Waals surface area (Å²) in [6.07, 6.45) is 0.490. The number of rotatable bonds is 3. The fourth-order valence-corrected chi connectivity index (χ4v) is 3.12. The van der Waals surface area contributed by atoms with Gasteiger partial charge in [-0.05, 0) is 24.5 Å². The number of para-hydroxylation sites is 1. The number of nitrogens with zero attached hydrogens (tertiary/aromatic N) is 1. The molecule has 0 bridgehead atoms. The summed E-state index contributed by atoms with van der Waals surface area (Å²) >= 11 is 12.4. The molecule has 2 unspecified atom stereocenters. The topological polar surface area (TPSA) is 49.4 Å². The van der Waals surface area contributed by atoms with Crippen LogP contribution in [0.4, 0.5) is 5.69 Å². The molecule has 0 radical (unpaired) electrons. The first-order valence-corrected chi connectivity index (χ1v) is 7.71. The Kier molecular flexibility index (Phi) is 4.79. The molecule has 1 aromatic carbocycles. The van der Waals surface area contributed by atoms with Gasteiger partial charge in [-0.3, -0.25) is 14.5 Å². The normalized spacial score (nSPS) is 22.7. The van der Waals surface area contributed by atoms with E-state index in [9.17, 15) is 9.59 Å². The second kappa shape index (κ2) is 6.24. The van der Waals surface area contributed by atoms with Crippen molar-refractivity contribution in [3.05, 3.63) is 28.2 Å². The molecule has 0 aliphatic carbocycles. The largest absolute Gasteiger partial charge is 0.342 e. The zero-order valence-corrected chi connectivity index (χ0v) is 13.7. The van der Waals surface area contributed by atoms with Gasteiger partial charge in [-0.1, -0.05) is 50.0 Å². The second-order valence-corrected chi connectivity index (χ2v) is 6.25. The number of piperazine rings is 1. The molecule has 21 heavy (non-hydrogen) atoms. The molecule has 6 heteroatoms. The molecule has 2 atom stereocenters. The molecule has 4 nitrogen and oxygen atoms in total. The quantitative estimate of drug-likeness (QED) is 0.925. The fraction of sp³-hybridized carbons (Fsp3) is 0.467. The van der Waals surface area contributed by atoms with E-state index in [1.807, 2.05) is 20.8 Å². The molecule has 2 rings (SSSR count). The van der Waals surface area contributed by atoms with Crippen LogP contribution in [-0.2, 0) is 9.59 Å². The molecule has 0 spiro atoms. The average Bonchev–Trinajstić information content (AvgIpc) is 2.41. The van der Waals surface area contributed by atoms with Crippen LogP contribution in [0.25, 0.3) is 0 Å². The first kappa shape index (κ1) is 16.1. The maximum Gasteiger partial charge on any atom is 0.250 e. The molecule has 1 heterocycles. The molecule has 1 aliphatic heterocycles. The van der Waals surface area contributed by atoms with Gasteiger partial charge in [-0.25, -0.2) is 0 Å². The van der Waals surface area contributed by atoms with Gasteiger partial charge in [0.05, 0.1) is 15.7 Å². The summed E-state index contributed by atoms with van der Waals surface area (Å²) < 4.78 is 0. The summed E-state index contributed by atoms with van der Waals surface area (Å²) in [6.45, 7) is 5.63. The molecule has 114 valence electrons. The van der Waals surface area contributed by atoms with Crippen LogP contribution in [0.15, 0.2) is 18.2 Å². The van der Waals surface area contributed by atoms with Crippen LogP contribution >= 0.6 is 23.2 Å². The number of carbonyl (C=O) groups is 2. The van der Waals surface area contributed by atoms with Gasteiger partial charge in [0, 0.05) is 0 Å². The van der Waals surface area contributed by atoms with Crippen LogP contribution < -0.4 is 10.2 Å². The summed E-state index contributed by atoms with van der Waals surface area (Å²) in [5.41, 5.74) is 0.415. The summed E-state index contributed by atoms with van der Waals surface area (Å²) in [7, 11) is 0. The van der Waals surface area contributed by atoms with E-state index in [-0.39, 0.29) is 17.7 Å². The maximum absolute atomic E-state index is 12.8. The highest BCUT2D eigenvalue weighted by Crippen LogP contribution is 2.37. The van der Waals surface area contributed by atoms with Crippen LogP contribution in [0.5, 0.6) is 0 Å². The van der Waals surface area contributed by atoms with Crippen molar-refractivity contribution in [2.45, 2.75) is 39.3 Å². The van der Waals surface area contributed by atoms with Crippen molar-refractivity contribution in [1.29, 1.82) is 0 Å². The highest BCUT2D eigenvalue weighted by molar-refractivity contribution is 6.40. The van der Waals surface area contributed by atoms with E-state index in [1.54, 1.807) is 18.2 Å². The minimum atomic E-state index is -0.593. The maximum atomic E-state index is 12.8. The van der Waals surface area contributed by atoms with Crippen molar-refractivity contribution in [2.75, 3.05) is 4.90 Å².